The van der Waals surface area contributed by atoms with Gasteiger partial charge in [-0.3, -0.25) is 19.4 Å². The molecule has 1 aliphatic rings. The van der Waals surface area contributed by atoms with Gasteiger partial charge in [-0.1, -0.05) is 74.5 Å². The lowest BCUT2D eigenvalue weighted by molar-refractivity contribution is -0.138. The first-order valence-electron chi connectivity index (χ1n) is 14.8. The number of likely N-dealkylation sites (tertiary alicyclic amines) is 1. The molecule has 1 saturated heterocycles. The van der Waals surface area contributed by atoms with Gasteiger partial charge in [0, 0.05) is 49.6 Å². The van der Waals surface area contributed by atoms with E-state index in [1.807, 2.05) is 72.2 Å². The summed E-state index contributed by atoms with van der Waals surface area (Å²) in [6.45, 7) is 5.49. The Bertz CT molecular complexity index is 1250. The van der Waals surface area contributed by atoms with E-state index >= 15 is 0 Å². The molecule has 0 spiro atoms. The second kappa shape index (κ2) is 15.1. The molecular weight excluding hydrogens is 512 g/mol. The molecule has 1 fully saturated rings. The summed E-state index contributed by atoms with van der Waals surface area (Å²) in [7, 11) is 0. The lowest BCUT2D eigenvalue weighted by Gasteiger charge is -2.33. The quantitative estimate of drug-likeness (QED) is 0.325. The lowest BCUT2D eigenvalue weighted by atomic mass is 10.0. The second-order valence-electron chi connectivity index (χ2n) is 10.9. The molecule has 7 heteroatoms. The van der Waals surface area contributed by atoms with Gasteiger partial charge in [-0.05, 0) is 61.8 Å². The van der Waals surface area contributed by atoms with Crippen molar-refractivity contribution in [3.8, 4) is 0 Å². The SMILES string of the molecule is CC[C@@H](C)C(=O)N[C@@H](CCc1ccccc1)C(=O)N1CCC[C@H]1CN(CCc1ccccc1)C(=O)c1ccncc1. The van der Waals surface area contributed by atoms with Crippen LogP contribution in [-0.2, 0) is 22.4 Å². The molecular formula is C34H42N4O3. The molecule has 0 aliphatic carbocycles. The van der Waals surface area contributed by atoms with E-state index in [4.69, 9.17) is 0 Å². The van der Waals surface area contributed by atoms with Crippen molar-refractivity contribution in [3.63, 3.8) is 0 Å². The number of carbonyl (C=O) groups excluding carboxylic acids is 3. The van der Waals surface area contributed by atoms with Crippen molar-refractivity contribution in [1.82, 2.24) is 20.1 Å². The molecule has 4 rings (SSSR count). The minimum Gasteiger partial charge on any atom is -0.344 e. The average Bonchev–Trinajstić information content (AvgIpc) is 3.49. The zero-order valence-corrected chi connectivity index (χ0v) is 24.2. The van der Waals surface area contributed by atoms with Gasteiger partial charge >= 0.3 is 0 Å². The molecule has 1 aliphatic heterocycles. The summed E-state index contributed by atoms with van der Waals surface area (Å²) in [5.74, 6) is -0.373. The van der Waals surface area contributed by atoms with Crippen LogP contribution in [0.2, 0.25) is 0 Å². The van der Waals surface area contributed by atoms with Crippen molar-refractivity contribution >= 4 is 17.7 Å². The number of nitrogens with one attached hydrogen (secondary N) is 1. The van der Waals surface area contributed by atoms with E-state index in [1.54, 1.807) is 24.5 Å². The first-order chi connectivity index (χ1) is 20.0. The topological polar surface area (TPSA) is 82.6 Å². The minimum atomic E-state index is -0.606. The number of aromatic nitrogens is 1. The Balaban J connectivity index is 1.50. The lowest BCUT2D eigenvalue weighted by Crippen LogP contribution is -2.53. The van der Waals surface area contributed by atoms with Gasteiger partial charge in [0.25, 0.3) is 5.91 Å². The highest BCUT2D eigenvalue weighted by atomic mass is 16.2. The van der Waals surface area contributed by atoms with Crippen molar-refractivity contribution < 1.29 is 14.4 Å². The van der Waals surface area contributed by atoms with Gasteiger partial charge in [0.05, 0.1) is 0 Å². The standard InChI is InChI=1S/C34H42N4O3/c1-3-26(2)32(39)36-31(17-16-27-11-6-4-7-12-27)34(41)38-23-10-15-30(38)25-37(24-20-28-13-8-5-9-14-28)33(40)29-18-21-35-22-19-29/h4-9,11-14,18-19,21-22,26,30-31H,3,10,15-17,20,23-25H2,1-2H3,(H,36,39)/t26-,30+,31+/m1/s1. The van der Waals surface area contributed by atoms with E-state index in [2.05, 4.69) is 22.4 Å². The van der Waals surface area contributed by atoms with Crippen LogP contribution in [0.5, 0.6) is 0 Å². The van der Waals surface area contributed by atoms with Crippen LogP contribution in [0.15, 0.2) is 85.2 Å². The fourth-order valence-corrected chi connectivity index (χ4v) is 5.34. The summed E-state index contributed by atoms with van der Waals surface area (Å²) in [5.41, 5.74) is 2.88. The van der Waals surface area contributed by atoms with Crippen LogP contribution >= 0.6 is 0 Å². The molecule has 2 heterocycles. The van der Waals surface area contributed by atoms with E-state index < -0.39 is 6.04 Å². The van der Waals surface area contributed by atoms with Crippen molar-refractivity contribution in [1.29, 1.82) is 0 Å². The van der Waals surface area contributed by atoms with E-state index in [-0.39, 0.29) is 29.7 Å². The molecule has 3 amide bonds. The van der Waals surface area contributed by atoms with Crippen molar-refractivity contribution in [2.75, 3.05) is 19.6 Å². The predicted molar refractivity (Wildman–Crippen MR) is 161 cm³/mol. The fraction of sp³-hybridized carbons (Fsp3) is 0.412. The van der Waals surface area contributed by atoms with Crippen LogP contribution in [0.25, 0.3) is 0 Å². The summed E-state index contributed by atoms with van der Waals surface area (Å²) in [4.78, 5) is 48.4. The number of hydrogen-bond acceptors (Lipinski definition) is 4. The number of carbonyl (C=O) groups is 3. The maximum Gasteiger partial charge on any atom is 0.254 e. The Labute approximate surface area is 244 Å². The third-order valence-electron chi connectivity index (χ3n) is 8.06. The van der Waals surface area contributed by atoms with Crippen LogP contribution in [0.3, 0.4) is 0 Å². The summed E-state index contributed by atoms with van der Waals surface area (Å²) in [6.07, 6.45) is 7.62. The monoisotopic (exact) mass is 554 g/mol. The Morgan fingerprint density at radius 3 is 2.22 bits per heavy atom. The zero-order chi connectivity index (χ0) is 29.0. The Hall–Kier alpha value is -4.00. The largest absolute Gasteiger partial charge is 0.344 e. The molecule has 0 radical (unpaired) electrons. The molecule has 7 nitrogen and oxygen atoms in total. The van der Waals surface area contributed by atoms with Gasteiger partial charge in [-0.25, -0.2) is 0 Å². The molecule has 1 aromatic heterocycles. The Morgan fingerprint density at radius 2 is 1.59 bits per heavy atom. The van der Waals surface area contributed by atoms with Gasteiger partial charge < -0.3 is 15.1 Å². The van der Waals surface area contributed by atoms with Crippen molar-refractivity contribution in [3.05, 3.63) is 102 Å². The second-order valence-corrected chi connectivity index (χ2v) is 10.9. The van der Waals surface area contributed by atoms with E-state index in [0.29, 0.717) is 44.5 Å². The third-order valence-corrected chi connectivity index (χ3v) is 8.06. The number of aryl methyl sites for hydroxylation is 1. The van der Waals surface area contributed by atoms with E-state index in [0.717, 1.165) is 30.4 Å². The highest BCUT2D eigenvalue weighted by molar-refractivity contribution is 5.94. The number of amides is 3. The first kappa shape index (κ1) is 30.0. The molecule has 2 aromatic carbocycles. The molecule has 3 aromatic rings. The molecule has 216 valence electrons. The summed E-state index contributed by atoms with van der Waals surface area (Å²) in [5, 5.41) is 3.07. The molecule has 0 bridgehead atoms. The highest BCUT2D eigenvalue weighted by Gasteiger charge is 2.36. The maximum absolute atomic E-state index is 14.0. The normalized spacial score (nSPS) is 16.1. The van der Waals surface area contributed by atoms with Gasteiger partial charge in [-0.2, -0.15) is 0 Å². The van der Waals surface area contributed by atoms with Crippen LogP contribution < -0.4 is 5.32 Å². The molecule has 0 saturated carbocycles. The molecule has 0 unspecified atom stereocenters. The van der Waals surface area contributed by atoms with Crippen LogP contribution in [0, 0.1) is 5.92 Å². The van der Waals surface area contributed by atoms with Crippen molar-refractivity contribution in [2.24, 2.45) is 5.92 Å². The third kappa shape index (κ3) is 8.49. The number of hydrogen-bond donors (Lipinski definition) is 1. The summed E-state index contributed by atoms with van der Waals surface area (Å²) in [6, 6.07) is 22.9. The van der Waals surface area contributed by atoms with Crippen LogP contribution in [0.1, 0.15) is 61.0 Å². The number of pyridine rings is 1. The van der Waals surface area contributed by atoms with E-state index in [9.17, 15) is 14.4 Å². The number of nitrogens with zero attached hydrogens (tertiary/aromatic N) is 3. The van der Waals surface area contributed by atoms with Crippen molar-refractivity contribution in [2.45, 2.75) is 64.5 Å². The zero-order valence-electron chi connectivity index (χ0n) is 24.2. The van der Waals surface area contributed by atoms with Gasteiger partial charge in [-0.15, -0.1) is 0 Å². The molecule has 41 heavy (non-hydrogen) atoms. The number of benzene rings is 2. The molecule has 3 atom stereocenters. The summed E-state index contributed by atoms with van der Waals surface area (Å²) >= 11 is 0. The number of rotatable bonds is 13. The minimum absolute atomic E-state index is 0.0561. The van der Waals surface area contributed by atoms with E-state index in [1.165, 1.54) is 0 Å². The van der Waals surface area contributed by atoms with Gasteiger partial charge in [0.1, 0.15) is 6.04 Å². The summed E-state index contributed by atoms with van der Waals surface area (Å²) < 4.78 is 0. The molecule has 1 N–H and O–H groups in total. The predicted octanol–water partition coefficient (Wildman–Crippen LogP) is 4.92. The average molecular weight is 555 g/mol. The van der Waals surface area contributed by atoms with Gasteiger partial charge in [0.2, 0.25) is 11.8 Å². The van der Waals surface area contributed by atoms with Crippen LogP contribution in [0.4, 0.5) is 0 Å². The Kier molecular flexibility index (Phi) is 11.1. The fourth-order valence-electron chi connectivity index (χ4n) is 5.34. The smallest absolute Gasteiger partial charge is 0.254 e. The first-order valence-corrected chi connectivity index (χ1v) is 14.8. The van der Waals surface area contributed by atoms with Crippen LogP contribution in [-0.4, -0.2) is 64.2 Å². The van der Waals surface area contributed by atoms with Gasteiger partial charge in [0.15, 0.2) is 0 Å². The highest BCUT2D eigenvalue weighted by Crippen LogP contribution is 2.22. The Morgan fingerprint density at radius 1 is 0.951 bits per heavy atom. The maximum atomic E-state index is 14.0.